The molecule has 0 bridgehead atoms. The molecule has 4 amide bonds. The van der Waals surface area contributed by atoms with Crippen molar-refractivity contribution in [3.63, 3.8) is 0 Å². The molecule has 76 heavy (non-hydrogen) atoms. The van der Waals surface area contributed by atoms with Crippen molar-refractivity contribution in [3.05, 3.63) is 149 Å². The maximum atomic E-state index is 13.8. The molecule has 0 spiro atoms. The van der Waals surface area contributed by atoms with Gasteiger partial charge in [0, 0.05) is 44.6 Å². The van der Waals surface area contributed by atoms with E-state index >= 15 is 0 Å². The van der Waals surface area contributed by atoms with E-state index in [4.69, 9.17) is 37.9 Å². The van der Waals surface area contributed by atoms with E-state index in [-0.39, 0.29) is 69.5 Å². The molecule has 1 fully saturated rings. The smallest absolute Gasteiger partial charge is 0.410 e. The van der Waals surface area contributed by atoms with Crippen molar-refractivity contribution in [2.24, 2.45) is 11.8 Å². The molecule has 2 aliphatic heterocycles. The number of amides is 4. The number of phenols is 1. The highest BCUT2D eigenvalue weighted by Gasteiger charge is 2.53. The molecule has 5 aromatic rings. The predicted molar refractivity (Wildman–Crippen MR) is 277 cm³/mol. The number of carbonyl (C=O) groups excluding carboxylic acids is 5. The van der Waals surface area contributed by atoms with E-state index in [1.54, 1.807) is 21.9 Å². The van der Waals surface area contributed by atoms with Crippen molar-refractivity contribution in [2.45, 2.75) is 57.5 Å². The number of phenolic OH excluding ortho intramolecular Hbond substituents is 1. The fourth-order valence-corrected chi connectivity index (χ4v) is 9.71. The first kappa shape index (κ1) is 54.1. The van der Waals surface area contributed by atoms with Crippen LogP contribution in [0.25, 0.3) is 0 Å². The van der Waals surface area contributed by atoms with Crippen molar-refractivity contribution in [1.82, 2.24) is 25.8 Å². The first-order chi connectivity index (χ1) is 37.1. The van der Waals surface area contributed by atoms with Crippen molar-refractivity contribution in [2.75, 3.05) is 73.4 Å². The molecule has 0 saturated carbocycles. The summed E-state index contributed by atoms with van der Waals surface area (Å²) in [5.74, 6) is -1.30. The molecular formula is C57H65N5O14. The molecule has 19 nitrogen and oxygen atoms in total. The van der Waals surface area contributed by atoms with E-state index in [1.165, 1.54) is 14.2 Å². The monoisotopic (exact) mass is 1040 g/mol. The van der Waals surface area contributed by atoms with Gasteiger partial charge < -0.3 is 68.8 Å². The highest BCUT2D eigenvalue weighted by Crippen LogP contribution is 2.55. The summed E-state index contributed by atoms with van der Waals surface area (Å²) < 4.78 is 45.0. The van der Waals surface area contributed by atoms with Crippen LogP contribution in [0.4, 0.5) is 14.4 Å². The highest BCUT2D eigenvalue weighted by atomic mass is 16.7. The number of hydrogen-bond donors (Lipinski definition) is 4. The van der Waals surface area contributed by atoms with Gasteiger partial charge in [-0.15, -0.1) is 0 Å². The van der Waals surface area contributed by atoms with Crippen LogP contribution in [0.15, 0.2) is 115 Å². The maximum Gasteiger partial charge on any atom is 0.410 e. The van der Waals surface area contributed by atoms with Gasteiger partial charge >= 0.3 is 24.2 Å². The van der Waals surface area contributed by atoms with E-state index < -0.39 is 48.0 Å². The zero-order chi connectivity index (χ0) is 53.2. The topological polar surface area (TPSA) is 222 Å². The van der Waals surface area contributed by atoms with Crippen LogP contribution in [0, 0.1) is 11.8 Å². The fourth-order valence-electron chi connectivity index (χ4n) is 9.71. The molecule has 4 N–H and O–H groups in total. The molecule has 4 atom stereocenters. The Labute approximate surface area is 441 Å². The summed E-state index contributed by atoms with van der Waals surface area (Å²) in [7, 11) is 2.86. The third kappa shape index (κ3) is 14.1. The van der Waals surface area contributed by atoms with Gasteiger partial charge in [-0.1, -0.05) is 91.0 Å². The molecule has 402 valence electrons. The van der Waals surface area contributed by atoms with Crippen LogP contribution in [0.1, 0.15) is 71.0 Å². The highest BCUT2D eigenvalue weighted by molar-refractivity contribution is 5.82. The largest absolute Gasteiger partial charge is 0.502 e. The van der Waals surface area contributed by atoms with Crippen molar-refractivity contribution >= 4 is 30.2 Å². The molecule has 19 heteroatoms. The average molecular weight is 1040 g/mol. The molecular weight excluding hydrogens is 979 g/mol. The molecule has 0 radical (unpaired) electrons. The summed E-state index contributed by atoms with van der Waals surface area (Å²) in [5, 5.41) is 19.9. The molecule has 0 aromatic heterocycles. The molecule has 1 aliphatic carbocycles. The zero-order valence-corrected chi connectivity index (χ0v) is 42.7. The Balaban J connectivity index is 0.862. The van der Waals surface area contributed by atoms with Gasteiger partial charge in [0.15, 0.2) is 23.0 Å². The van der Waals surface area contributed by atoms with E-state index in [0.717, 1.165) is 27.8 Å². The average Bonchev–Trinajstić information content (AvgIpc) is 4.09. The lowest BCUT2D eigenvalue weighted by Crippen LogP contribution is -2.45. The van der Waals surface area contributed by atoms with Gasteiger partial charge in [0.25, 0.3) is 0 Å². The second-order valence-corrected chi connectivity index (χ2v) is 18.6. The Morgan fingerprint density at radius 2 is 1.13 bits per heavy atom. The van der Waals surface area contributed by atoms with Crippen molar-refractivity contribution < 1.29 is 67.0 Å². The quantitative estimate of drug-likeness (QED) is 0.0251. The number of benzene rings is 5. The van der Waals surface area contributed by atoms with Crippen molar-refractivity contribution in [1.29, 1.82) is 0 Å². The first-order valence-corrected chi connectivity index (χ1v) is 25.5. The number of unbranched alkanes of at least 4 members (excludes halogenated alkanes) is 1. The number of nitrogens with one attached hydrogen (secondary N) is 3. The first-order valence-electron chi connectivity index (χ1n) is 25.5. The van der Waals surface area contributed by atoms with Crippen LogP contribution >= 0.6 is 0 Å². The minimum absolute atomic E-state index is 0.0167. The lowest BCUT2D eigenvalue weighted by atomic mass is 9.65. The van der Waals surface area contributed by atoms with Crippen LogP contribution in [0.2, 0.25) is 0 Å². The number of carbonyl (C=O) groups is 5. The molecule has 1 saturated heterocycles. The Morgan fingerprint density at radius 1 is 0.632 bits per heavy atom. The fraction of sp³-hybridized carbons (Fsp3) is 0.386. The van der Waals surface area contributed by atoms with E-state index in [1.807, 2.05) is 103 Å². The number of hydrogen-bond acceptors (Lipinski definition) is 15. The number of methoxy groups -OCH3 is 2. The third-order valence-electron chi connectivity index (χ3n) is 13.6. The second-order valence-electron chi connectivity index (χ2n) is 18.6. The van der Waals surface area contributed by atoms with Crippen LogP contribution in [-0.4, -0.2) is 118 Å². The van der Waals surface area contributed by atoms with E-state index in [2.05, 4.69) is 16.0 Å². The predicted octanol–water partition coefficient (Wildman–Crippen LogP) is 7.58. The standard InChI is InChI=1S/C57H65N5O14/c1-69-47-28-41(29-48(70-2)53(47)64)50-42-30-45-46(76-37-75-45)31-43(42)52(44-36-71-54(65)51(44)50)60-49(63)32-58-22-14-26-61(56(67)73-34-39-18-8-4-9-19-39)24-12-13-25-62(57(68)74-35-40-20-10-5-11-21-40)27-15-23-59-55(66)72-33-38-16-6-3-7-17-38/h3-11,16-21,28-31,44,50-52,58,64H,12-15,22-27,32-37H2,1-2H3,(H,59,66)(H,60,63). The van der Waals surface area contributed by atoms with Gasteiger partial charge in [-0.05, 0) is 89.9 Å². The number of fused-ring (bicyclic) bond motifs is 3. The molecule has 8 rings (SSSR count). The zero-order valence-electron chi connectivity index (χ0n) is 42.7. The molecule has 5 aromatic carbocycles. The van der Waals surface area contributed by atoms with Gasteiger partial charge in [0.2, 0.25) is 18.4 Å². The van der Waals surface area contributed by atoms with Gasteiger partial charge in [-0.2, -0.15) is 0 Å². The molecule has 2 heterocycles. The van der Waals surface area contributed by atoms with Gasteiger partial charge in [-0.3, -0.25) is 9.59 Å². The Hall–Kier alpha value is -8.19. The van der Waals surface area contributed by atoms with Crippen LogP contribution in [0.5, 0.6) is 28.7 Å². The third-order valence-corrected chi connectivity index (χ3v) is 13.6. The van der Waals surface area contributed by atoms with Crippen LogP contribution in [0.3, 0.4) is 0 Å². The minimum Gasteiger partial charge on any atom is -0.502 e. The van der Waals surface area contributed by atoms with Crippen LogP contribution in [-0.2, 0) is 48.4 Å². The molecule has 4 unspecified atom stereocenters. The minimum atomic E-state index is -0.709. The summed E-state index contributed by atoms with van der Waals surface area (Å²) in [4.78, 5) is 70.1. The van der Waals surface area contributed by atoms with E-state index in [0.29, 0.717) is 75.5 Å². The Morgan fingerprint density at radius 3 is 1.67 bits per heavy atom. The second kappa shape index (κ2) is 26.9. The van der Waals surface area contributed by atoms with Crippen molar-refractivity contribution in [3.8, 4) is 28.7 Å². The lowest BCUT2D eigenvalue weighted by molar-refractivity contribution is -0.141. The Kier molecular flexibility index (Phi) is 19.1. The number of cyclic esters (lactones) is 1. The maximum absolute atomic E-state index is 13.8. The normalized spacial score (nSPS) is 16.8. The molecule has 3 aliphatic rings. The summed E-state index contributed by atoms with van der Waals surface area (Å²) in [6.07, 6.45) is 0.472. The van der Waals surface area contributed by atoms with Gasteiger partial charge in [0.1, 0.15) is 19.8 Å². The number of aromatic hydroxyl groups is 1. The van der Waals surface area contributed by atoms with Crippen LogP contribution < -0.4 is 34.9 Å². The summed E-state index contributed by atoms with van der Waals surface area (Å²) >= 11 is 0. The number of ether oxygens (including phenoxy) is 8. The van der Waals surface area contributed by atoms with E-state index in [9.17, 15) is 29.1 Å². The summed E-state index contributed by atoms with van der Waals surface area (Å²) in [6, 6.07) is 34.5. The number of rotatable bonds is 25. The number of esters is 1. The SMILES string of the molecule is COc1cc(C2c3cc4c(cc3C(NC(=O)CNCCCN(CCCCN(CCCNC(=O)OCc3ccccc3)C(=O)OCc3ccccc3)C(=O)OCc3ccccc3)C3COC(=O)C23)OCO4)cc(OC)c1O. The van der Waals surface area contributed by atoms with Gasteiger partial charge in [-0.25, -0.2) is 14.4 Å². The number of alkyl carbamates (subject to hydrolysis) is 1. The summed E-state index contributed by atoms with van der Waals surface area (Å²) in [6.45, 7) is 2.32. The summed E-state index contributed by atoms with van der Waals surface area (Å²) in [5.41, 5.74) is 4.66. The lowest BCUT2D eigenvalue weighted by Gasteiger charge is -2.39. The Bertz CT molecular complexity index is 2730. The van der Waals surface area contributed by atoms with Gasteiger partial charge in [0.05, 0.1) is 39.3 Å². The number of nitrogens with zero attached hydrogens (tertiary/aromatic N) is 2.